The summed E-state index contributed by atoms with van der Waals surface area (Å²) in [7, 11) is 0. The molecule has 1 aliphatic heterocycles. The van der Waals surface area contributed by atoms with E-state index >= 15 is 0 Å². The van der Waals surface area contributed by atoms with Crippen LogP contribution in [0.4, 0.5) is 10.1 Å². The van der Waals surface area contributed by atoms with Crippen LogP contribution in [0.1, 0.15) is 12.0 Å². The molecule has 0 radical (unpaired) electrons. The van der Waals surface area contributed by atoms with Crippen molar-refractivity contribution in [1.82, 2.24) is 15.2 Å². The second kappa shape index (κ2) is 9.09. The number of hydrogen-bond acceptors (Lipinski definition) is 3. The summed E-state index contributed by atoms with van der Waals surface area (Å²) in [5.74, 6) is -0.0862. The molecule has 152 valence electrons. The van der Waals surface area contributed by atoms with Crippen LogP contribution in [0.25, 0.3) is 10.9 Å². The van der Waals surface area contributed by atoms with Crippen molar-refractivity contribution in [2.75, 3.05) is 44.2 Å². The van der Waals surface area contributed by atoms with Gasteiger partial charge >= 0.3 is 0 Å². The standard InChI is InChI=1S/C23H27FN4O/c24-20-6-2-4-8-22(20)28-15-13-27(14-16-28)12-10-23(29)25-11-9-18-17-26-21-7-3-1-5-19(18)21/h1-8,17,26H,9-16H2,(H,25,29). The third-order valence-corrected chi connectivity index (χ3v) is 5.61. The molecule has 1 aliphatic rings. The molecule has 6 heteroatoms. The van der Waals surface area contributed by atoms with Gasteiger partial charge in [0.25, 0.3) is 0 Å². The molecule has 2 aromatic carbocycles. The fraction of sp³-hybridized carbons (Fsp3) is 0.348. The van der Waals surface area contributed by atoms with E-state index in [1.54, 1.807) is 6.07 Å². The second-order valence-corrected chi connectivity index (χ2v) is 7.49. The molecule has 0 unspecified atom stereocenters. The van der Waals surface area contributed by atoms with Crippen LogP contribution < -0.4 is 10.2 Å². The van der Waals surface area contributed by atoms with E-state index in [1.807, 2.05) is 30.5 Å². The quantitative estimate of drug-likeness (QED) is 0.647. The molecule has 4 rings (SSSR count). The fourth-order valence-corrected chi connectivity index (χ4v) is 3.94. The zero-order valence-corrected chi connectivity index (χ0v) is 16.5. The molecule has 0 bridgehead atoms. The lowest BCUT2D eigenvalue weighted by atomic mass is 10.1. The van der Waals surface area contributed by atoms with Crippen LogP contribution >= 0.6 is 0 Å². The van der Waals surface area contributed by atoms with E-state index in [9.17, 15) is 9.18 Å². The SMILES string of the molecule is O=C(CCN1CCN(c2ccccc2F)CC1)NCCc1c[nH]c2ccccc12. The van der Waals surface area contributed by atoms with Gasteiger partial charge in [-0.15, -0.1) is 0 Å². The number of aromatic amines is 1. The van der Waals surface area contributed by atoms with E-state index in [0.29, 0.717) is 18.7 Å². The van der Waals surface area contributed by atoms with Crippen LogP contribution in [0.15, 0.2) is 54.7 Å². The predicted octanol–water partition coefficient (Wildman–Crippen LogP) is 3.18. The summed E-state index contributed by atoms with van der Waals surface area (Å²) in [6.45, 7) is 4.63. The lowest BCUT2D eigenvalue weighted by molar-refractivity contribution is -0.121. The average molecular weight is 394 g/mol. The summed E-state index contributed by atoms with van der Waals surface area (Å²) < 4.78 is 13.9. The molecule has 3 aromatic rings. The van der Waals surface area contributed by atoms with E-state index in [-0.39, 0.29) is 11.7 Å². The van der Waals surface area contributed by atoms with Crippen molar-refractivity contribution in [1.29, 1.82) is 0 Å². The zero-order chi connectivity index (χ0) is 20.1. The van der Waals surface area contributed by atoms with E-state index in [0.717, 1.165) is 44.7 Å². The highest BCUT2D eigenvalue weighted by atomic mass is 19.1. The number of nitrogens with zero attached hydrogens (tertiary/aromatic N) is 2. The molecule has 2 N–H and O–H groups in total. The Kier molecular flexibility index (Phi) is 6.10. The summed E-state index contributed by atoms with van der Waals surface area (Å²) in [5.41, 5.74) is 3.02. The number of benzene rings is 2. The molecule has 0 atom stereocenters. The van der Waals surface area contributed by atoms with Crippen molar-refractivity contribution < 1.29 is 9.18 Å². The number of piperazine rings is 1. The molecule has 5 nitrogen and oxygen atoms in total. The maximum Gasteiger partial charge on any atom is 0.221 e. The molecule has 1 amide bonds. The molecule has 1 aromatic heterocycles. The first-order chi connectivity index (χ1) is 14.2. The predicted molar refractivity (Wildman–Crippen MR) is 115 cm³/mol. The second-order valence-electron chi connectivity index (χ2n) is 7.49. The maximum absolute atomic E-state index is 13.9. The highest BCUT2D eigenvalue weighted by Gasteiger charge is 2.19. The maximum atomic E-state index is 13.9. The molecule has 0 aliphatic carbocycles. The first kappa shape index (κ1) is 19.5. The Morgan fingerprint density at radius 3 is 2.62 bits per heavy atom. The number of amides is 1. The molecule has 0 saturated carbocycles. The van der Waals surface area contributed by atoms with Gasteiger partial charge in [0.2, 0.25) is 5.91 Å². The van der Waals surface area contributed by atoms with Gasteiger partial charge < -0.3 is 15.2 Å². The fourth-order valence-electron chi connectivity index (χ4n) is 3.94. The van der Waals surface area contributed by atoms with Crippen molar-refractivity contribution in [3.05, 3.63) is 66.1 Å². The first-order valence-electron chi connectivity index (χ1n) is 10.2. The van der Waals surface area contributed by atoms with Crippen LogP contribution in [-0.4, -0.2) is 55.1 Å². The molecular formula is C23H27FN4O. The van der Waals surface area contributed by atoms with Gasteiger partial charge in [0.05, 0.1) is 5.69 Å². The number of H-pyrrole nitrogens is 1. The molecule has 2 heterocycles. The molecule has 1 fully saturated rings. The minimum Gasteiger partial charge on any atom is -0.367 e. The number of carbonyl (C=O) groups excluding carboxylic acids is 1. The molecule has 0 spiro atoms. The molecular weight excluding hydrogens is 367 g/mol. The van der Waals surface area contributed by atoms with Crippen LogP contribution in [0.2, 0.25) is 0 Å². The Morgan fingerprint density at radius 2 is 1.79 bits per heavy atom. The molecule has 1 saturated heterocycles. The minimum atomic E-state index is -0.171. The number of hydrogen-bond donors (Lipinski definition) is 2. The highest BCUT2D eigenvalue weighted by molar-refractivity contribution is 5.83. The van der Waals surface area contributed by atoms with Crippen molar-refractivity contribution in [2.24, 2.45) is 0 Å². The number of carbonyl (C=O) groups is 1. The summed E-state index contributed by atoms with van der Waals surface area (Å²) >= 11 is 0. The Bertz CT molecular complexity index is 962. The first-order valence-corrected chi connectivity index (χ1v) is 10.2. The van der Waals surface area contributed by atoms with Gasteiger partial charge in [0, 0.05) is 62.8 Å². The Hall–Kier alpha value is -2.86. The monoisotopic (exact) mass is 394 g/mol. The highest BCUT2D eigenvalue weighted by Crippen LogP contribution is 2.20. The summed E-state index contributed by atoms with van der Waals surface area (Å²) in [5, 5.41) is 4.24. The number of aromatic nitrogens is 1. The van der Waals surface area contributed by atoms with E-state index in [4.69, 9.17) is 0 Å². The lowest BCUT2D eigenvalue weighted by Gasteiger charge is -2.36. The molecule has 29 heavy (non-hydrogen) atoms. The van der Waals surface area contributed by atoms with Crippen LogP contribution in [0, 0.1) is 5.82 Å². The number of fused-ring (bicyclic) bond motifs is 1. The van der Waals surface area contributed by atoms with Crippen LogP contribution in [0.5, 0.6) is 0 Å². The number of anilines is 1. The third-order valence-electron chi connectivity index (χ3n) is 5.61. The third kappa shape index (κ3) is 4.77. The van der Waals surface area contributed by atoms with Gasteiger partial charge in [0.15, 0.2) is 0 Å². The Labute approximate surface area is 170 Å². The van der Waals surface area contributed by atoms with Crippen molar-refractivity contribution in [2.45, 2.75) is 12.8 Å². The Balaban J connectivity index is 1.16. The largest absolute Gasteiger partial charge is 0.367 e. The van der Waals surface area contributed by atoms with Gasteiger partial charge in [-0.05, 0) is 30.2 Å². The zero-order valence-electron chi connectivity index (χ0n) is 16.5. The number of halogens is 1. The van der Waals surface area contributed by atoms with Crippen LogP contribution in [0.3, 0.4) is 0 Å². The van der Waals surface area contributed by atoms with E-state index < -0.39 is 0 Å². The summed E-state index contributed by atoms with van der Waals surface area (Å²) in [4.78, 5) is 19.8. The summed E-state index contributed by atoms with van der Waals surface area (Å²) in [6, 6.07) is 15.1. The number of nitrogens with one attached hydrogen (secondary N) is 2. The van der Waals surface area contributed by atoms with Gasteiger partial charge in [0.1, 0.15) is 5.82 Å². The van der Waals surface area contributed by atoms with Gasteiger partial charge in [-0.2, -0.15) is 0 Å². The summed E-state index contributed by atoms with van der Waals surface area (Å²) in [6.07, 6.45) is 3.33. The minimum absolute atomic E-state index is 0.0846. The van der Waals surface area contributed by atoms with E-state index in [2.05, 4.69) is 32.2 Å². The van der Waals surface area contributed by atoms with Crippen molar-refractivity contribution in [3.8, 4) is 0 Å². The lowest BCUT2D eigenvalue weighted by Crippen LogP contribution is -2.47. The van der Waals surface area contributed by atoms with E-state index in [1.165, 1.54) is 17.0 Å². The van der Waals surface area contributed by atoms with Crippen molar-refractivity contribution in [3.63, 3.8) is 0 Å². The average Bonchev–Trinajstić information content (AvgIpc) is 3.16. The topological polar surface area (TPSA) is 51.4 Å². The van der Waals surface area contributed by atoms with Crippen LogP contribution in [-0.2, 0) is 11.2 Å². The smallest absolute Gasteiger partial charge is 0.221 e. The Morgan fingerprint density at radius 1 is 1.03 bits per heavy atom. The van der Waals surface area contributed by atoms with Gasteiger partial charge in [-0.25, -0.2) is 4.39 Å². The number of rotatable bonds is 7. The van der Waals surface area contributed by atoms with Crippen molar-refractivity contribution >= 4 is 22.5 Å². The van der Waals surface area contributed by atoms with Gasteiger partial charge in [-0.3, -0.25) is 9.69 Å². The number of para-hydroxylation sites is 2. The normalized spacial score (nSPS) is 15.0. The van der Waals surface area contributed by atoms with Gasteiger partial charge in [-0.1, -0.05) is 30.3 Å².